The highest BCUT2D eigenvalue weighted by Gasteiger charge is 2.53. The van der Waals surface area contributed by atoms with E-state index in [1.54, 1.807) is 12.1 Å². The molecular formula is C26H30ClNO13. The SMILES string of the molecule is O=[N+]([O-])c1cc(CO[C@@H]2O[C@H](CO)[C@@H](O[C@H]3O[C@@H]4COC(c5ccccc5)O[C@H]4[C@H](O)[C@H]3O)[C@H](O)[C@H]2O)ccc1Cl. The molecule has 2 aromatic carbocycles. The van der Waals surface area contributed by atoms with Crippen LogP contribution in [0.25, 0.3) is 0 Å². The zero-order chi connectivity index (χ0) is 29.3. The summed E-state index contributed by atoms with van der Waals surface area (Å²) in [5, 5.41) is 64.1. The van der Waals surface area contributed by atoms with Gasteiger partial charge in [0.15, 0.2) is 18.9 Å². The third kappa shape index (κ3) is 6.39. The Morgan fingerprint density at radius 2 is 1.68 bits per heavy atom. The van der Waals surface area contributed by atoms with Gasteiger partial charge >= 0.3 is 0 Å². The Hall–Kier alpha value is -2.31. The third-order valence-electron chi connectivity index (χ3n) is 7.14. The van der Waals surface area contributed by atoms with Crippen molar-refractivity contribution in [3.8, 4) is 0 Å². The van der Waals surface area contributed by atoms with Crippen LogP contribution in [0.15, 0.2) is 48.5 Å². The monoisotopic (exact) mass is 599 g/mol. The number of fused-ring (bicyclic) bond motifs is 1. The average molecular weight is 600 g/mol. The lowest BCUT2D eigenvalue weighted by molar-refractivity contribution is -0.386. The molecule has 5 rings (SSSR count). The standard InChI is InChI=1S/C26H30ClNO13/c27-14-7-6-12(8-15(14)28(34)35)10-36-25-20(32)18(30)22(16(9-29)38-25)41-26-21(33)19(31)23-17(39-26)11-37-24(40-23)13-4-2-1-3-5-13/h1-8,16-26,29-33H,9-11H2/t16-,17-,18-,19-,20-,21-,22-,23-,24?,25-,26-/m1/s1. The van der Waals surface area contributed by atoms with E-state index < -0.39 is 79.2 Å². The van der Waals surface area contributed by atoms with Crippen LogP contribution in [0.2, 0.25) is 5.02 Å². The molecule has 41 heavy (non-hydrogen) atoms. The number of rotatable bonds is 8. The lowest BCUT2D eigenvalue weighted by atomic mass is 9.96. The number of hydrogen-bond acceptors (Lipinski definition) is 13. The van der Waals surface area contributed by atoms with Gasteiger partial charge in [-0.1, -0.05) is 48.0 Å². The Labute approximate surface area is 238 Å². The Morgan fingerprint density at radius 3 is 2.39 bits per heavy atom. The number of aliphatic hydroxyl groups is 5. The number of ether oxygens (including phenoxy) is 6. The van der Waals surface area contributed by atoms with E-state index in [9.17, 15) is 35.6 Å². The van der Waals surface area contributed by atoms with Crippen LogP contribution in [0.1, 0.15) is 17.4 Å². The molecule has 224 valence electrons. The molecule has 11 atom stereocenters. The van der Waals surface area contributed by atoms with Crippen LogP contribution >= 0.6 is 11.6 Å². The minimum atomic E-state index is -1.68. The van der Waals surface area contributed by atoms with Crippen molar-refractivity contribution in [2.45, 2.75) is 74.3 Å². The highest BCUT2D eigenvalue weighted by atomic mass is 35.5. The number of nitro groups is 1. The fraction of sp³-hybridized carbons (Fsp3) is 0.538. The van der Waals surface area contributed by atoms with Gasteiger partial charge in [-0.25, -0.2) is 0 Å². The summed E-state index contributed by atoms with van der Waals surface area (Å²) >= 11 is 5.83. The zero-order valence-corrected chi connectivity index (χ0v) is 22.2. The minimum Gasteiger partial charge on any atom is -0.394 e. The van der Waals surface area contributed by atoms with E-state index in [0.717, 1.165) is 5.56 Å². The van der Waals surface area contributed by atoms with Gasteiger partial charge in [-0.15, -0.1) is 0 Å². The maximum atomic E-state index is 11.1. The van der Waals surface area contributed by atoms with E-state index in [4.69, 9.17) is 40.0 Å². The highest BCUT2D eigenvalue weighted by Crippen LogP contribution is 2.36. The second kappa shape index (κ2) is 12.9. The van der Waals surface area contributed by atoms with Gasteiger partial charge in [-0.05, 0) is 11.6 Å². The van der Waals surface area contributed by atoms with Gasteiger partial charge in [0.2, 0.25) is 0 Å². The lowest BCUT2D eigenvalue weighted by Gasteiger charge is -2.48. The van der Waals surface area contributed by atoms with E-state index in [1.165, 1.54) is 18.2 Å². The van der Waals surface area contributed by atoms with Crippen molar-refractivity contribution < 1.29 is 58.9 Å². The van der Waals surface area contributed by atoms with E-state index in [0.29, 0.717) is 5.56 Å². The first-order valence-electron chi connectivity index (χ1n) is 12.8. The maximum absolute atomic E-state index is 11.1. The molecule has 3 aliphatic heterocycles. The molecule has 0 aliphatic carbocycles. The van der Waals surface area contributed by atoms with Gasteiger partial charge in [-0.3, -0.25) is 10.1 Å². The number of halogens is 1. The van der Waals surface area contributed by atoms with Crippen molar-refractivity contribution in [3.63, 3.8) is 0 Å². The first-order chi connectivity index (χ1) is 19.7. The number of hydrogen-bond donors (Lipinski definition) is 5. The summed E-state index contributed by atoms with van der Waals surface area (Å²) in [7, 11) is 0. The second-order valence-corrected chi connectivity index (χ2v) is 10.3. The van der Waals surface area contributed by atoms with Crippen LogP contribution < -0.4 is 0 Å². The molecule has 0 bridgehead atoms. The molecule has 3 aliphatic rings. The van der Waals surface area contributed by atoms with Crippen LogP contribution in [0.5, 0.6) is 0 Å². The van der Waals surface area contributed by atoms with Crippen molar-refractivity contribution in [1.82, 2.24) is 0 Å². The number of nitrogens with zero attached hydrogens (tertiary/aromatic N) is 1. The smallest absolute Gasteiger partial charge is 0.288 e. The Morgan fingerprint density at radius 1 is 0.951 bits per heavy atom. The summed E-state index contributed by atoms with van der Waals surface area (Å²) < 4.78 is 34.3. The van der Waals surface area contributed by atoms with Gasteiger partial charge in [0.25, 0.3) is 5.69 Å². The van der Waals surface area contributed by atoms with Crippen molar-refractivity contribution in [3.05, 3.63) is 74.8 Å². The van der Waals surface area contributed by atoms with Gasteiger partial charge in [0.05, 0.1) is 24.7 Å². The van der Waals surface area contributed by atoms with Gasteiger partial charge < -0.3 is 54.0 Å². The first-order valence-corrected chi connectivity index (χ1v) is 13.2. The van der Waals surface area contributed by atoms with E-state index in [-0.39, 0.29) is 23.9 Å². The molecule has 3 heterocycles. The fourth-order valence-electron chi connectivity index (χ4n) is 4.95. The molecule has 0 saturated carbocycles. The zero-order valence-electron chi connectivity index (χ0n) is 21.4. The molecule has 3 fully saturated rings. The number of benzene rings is 2. The predicted octanol–water partition coefficient (Wildman–Crippen LogP) is 0.150. The highest BCUT2D eigenvalue weighted by molar-refractivity contribution is 6.32. The normalized spacial score (nSPS) is 37.4. The summed E-state index contributed by atoms with van der Waals surface area (Å²) in [6.45, 7) is -0.925. The molecule has 0 spiro atoms. The van der Waals surface area contributed by atoms with Crippen LogP contribution in [0.4, 0.5) is 5.69 Å². The molecular weight excluding hydrogens is 570 g/mol. The number of aliphatic hydroxyl groups excluding tert-OH is 5. The molecule has 15 heteroatoms. The molecule has 0 aromatic heterocycles. The Bertz CT molecular complexity index is 1190. The first kappa shape index (κ1) is 30.2. The Kier molecular flexibility index (Phi) is 9.50. The van der Waals surface area contributed by atoms with Crippen LogP contribution in [-0.2, 0) is 35.0 Å². The maximum Gasteiger partial charge on any atom is 0.288 e. The number of nitro benzene ring substituents is 1. The second-order valence-electron chi connectivity index (χ2n) is 9.86. The average Bonchev–Trinajstić information content (AvgIpc) is 2.98. The van der Waals surface area contributed by atoms with E-state index >= 15 is 0 Å². The molecule has 2 aromatic rings. The van der Waals surface area contributed by atoms with Gasteiger partial charge in [0.1, 0.15) is 53.9 Å². The quantitative estimate of drug-likeness (QED) is 0.203. The van der Waals surface area contributed by atoms with Crippen molar-refractivity contribution in [2.24, 2.45) is 0 Å². The minimum absolute atomic E-state index is 0.00240. The topological polar surface area (TPSA) is 200 Å². The summed E-state index contributed by atoms with van der Waals surface area (Å²) in [6, 6.07) is 13.1. The van der Waals surface area contributed by atoms with Gasteiger partial charge in [0, 0.05) is 11.6 Å². The molecule has 5 N–H and O–H groups in total. The van der Waals surface area contributed by atoms with E-state index in [2.05, 4.69) is 0 Å². The van der Waals surface area contributed by atoms with Crippen molar-refractivity contribution in [1.29, 1.82) is 0 Å². The fourth-order valence-corrected chi connectivity index (χ4v) is 5.14. The van der Waals surface area contributed by atoms with E-state index in [1.807, 2.05) is 18.2 Å². The summed E-state index contributed by atoms with van der Waals surface area (Å²) in [5.41, 5.74) is 0.734. The molecule has 3 saturated heterocycles. The molecule has 0 radical (unpaired) electrons. The third-order valence-corrected chi connectivity index (χ3v) is 7.46. The van der Waals surface area contributed by atoms with Gasteiger partial charge in [-0.2, -0.15) is 0 Å². The molecule has 14 nitrogen and oxygen atoms in total. The lowest BCUT2D eigenvalue weighted by Crippen LogP contribution is -2.65. The summed E-state index contributed by atoms with van der Waals surface area (Å²) in [6.07, 6.45) is -14.6. The molecule has 0 amide bonds. The van der Waals surface area contributed by atoms with Crippen molar-refractivity contribution in [2.75, 3.05) is 13.2 Å². The molecule has 1 unspecified atom stereocenters. The summed E-state index contributed by atoms with van der Waals surface area (Å²) in [5.74, 6) is 0. The summed E-state index contributed by atoms with van der Waals surface area (Å²) in [4.78, 5) is 10.5. The van der Waals surface area contributed by atoms with Crippen molar-refractivity contribution >= 4 is 17.3 Å². The largest absolute Gasteiger partial charge is 0.394 e. The van der Waals surface area contributed by atoms with Crippen LogP contribution in [0.3, 0.4) is 0 Å². The van der Waals surface area contributed by atoms with Crippen LogP contribution in [0, 0.1) is 10.1 Å². The predicted molar refractivity (Wildman–Crippen MR) is 136 cm³/mol. The Balaban J connectivity index is 1.21. The van der Waals surface area contributed by atoms with Crippen LogP contribution in [-0.4, -0.2) is 105 Å².